The smallest absolute Gasteiger partial charge is 0.322 e. The van der Waals surface area contributed by atoms with E-state index in [1.807, 2.05) is 5.32 Å². The first kappa shape index (κ1) is 22.3. The number of alkyl halides is 6. The Bertz CT molecular complexity index is 1130. The lowest BCUT2D eigenvalue weighted by atomic mass is 9.97. The van der Waals surface area contributed by atoms with Gasteiger partial charge in [-0.2, -0.15) is 26.3 Å². The van der Waals surface area contributed by atoms with E-state index in [0.717, 1.165) is 36.4 Å². The molecule has 1 amide bonds. The molecule has 0 fully saturated rings. The third kappa shape index (κ3) is 5.01. The molecule has 0 spiro atoms. The molecule has 162 valence electrons. The van der Waals surface area contributed by atoms with Crippen molar-refractivity contribution in [2.24, 2.45) is 0 Å². The van der Waals surface area contributed by atoms with E-state index in [9.17, 15) is 39.9 Å². The van der Waals surface area contributed by atoms with Crippen molar-refractivity contribution >= 4 is 11.6 Å². The fraction of sp³-hybridized carbons (Fsp3) is 0.0952. The second-order valence-corrected chi connectivity index (χ2v) is 6.41. The number of benzene rings is 3. The molecule has 0 aliphatic heterocycles. The van der Waals surface area contributed by atoms with Crippen LogP contribution >= 0.6 is 0 Å². The van der Waals surface area contributed by atoms with Crippen molar-refractivity contribution in [2.75, 3.05) is 5.32 Å². The molecule has 0 aliphatic rings. The zero-order chi connectivity index (χ0) is 23.0. The van der Waals surface area contributed by atoms with Crippen LogP contribution in [0.5, 0.6) is 0 Å². The first-order valence-electron chi connectivity index (χ1n) is 8.51. The van der Waals surface area contributed by atoms with Gasteiger partial charge >= 0.3 is 12.4 Å². The standard InChI is InChI=1S/C21H11F8NO/c22-13-4-7-18(23)16(9-13)19(31)30-14-5-6-15(17(10-14)21(27,28)29)11-2-1-3-12(8-11)20(24,25)26/h1-10H,(H,30,31). The van der Waals surface area contributed by atoms with E-state index in [2.05, 4.69) is 0 Å². The maximum atomic E-state index is 13.7. The van der Waals surface area contributed by atoms with Gasteiger partial charge in [-0.15, -0.1) is 0 Å². The zero-order valence-corrected chi connectivity index (χ0v) is 15.2. The molecular formula is C21H11F8NO. The van der Waals surface area contributed by atoms with Crippen LogP contribution < -0.4 is 5.32 Å². The van der Waals surface area contributed by atoms with Crippen LogP contribution in [0.25, 0.3) is 11.1 Å². The number of carbonyl (C=O) groups is 1. The van der Waals surface area contributed by atoms with Crippen LogP contribution in [0, 0.1) is 11.6 Å². The lowest BCUT2D eigenvalue weighted by Crippen LogP contribution is -2.15. The Hall–Kier alpha value is -3.43. The topological polar surface area (TPSA) is 29.1 Å². The van der Waals surface area contributed by atoms with E-state index in [4.69, 9.17) is 0 Å². The van der Waals surface area contributed by atoms with Gasteiger partial charge in [0.25, 0.3) is 5.91 Å². The SMILES string of the molecule is O=C(Nc1ccc(-c2cccc(C(F)(F)F)c2)c(C(F)(F)F)c1)c1cc(F)ccc1F. The van der Waals surface area contributed by atoms with E-state index < -0.39 is 57.8 Å². The van der Waals surface area contributed by atoms with Crippen LogP contribution in [0.1, 0.15) is 21.5 Å². The van der Waals surface area contributed by atoms with Crippen LogP contribution in [0.2, 0.25) is 0 Å². The van der Waals surface area contributed by atoms with Gasteiger partial charge in [0.1, 0.15) is 11.6 Å². The number of nitrogens with one attached hydrogen (secondary N) is 1. The Morgan fingerprint density at radius 3 is 2.13 bits per heavy atom. The van der Waals surface area contributed by atoms with Gasteiger partial charge in [0, 0.05) is 5.69 Å². The highest BCUT2D eigenvalue weighted by Gasteiger charge is 2.35. The monoisotopic (exact) mass is 445 g/mol. The molecule has 0 unspecified atom stereocenters. The Kier molecular flexibility index (Phi) is 5.75. The molecular weight excluding hydrogens is 434 g/mol. The van der Waals surface area contributed by atoms with Gasteiger partial charge < -0.3 is 5.32 Å². The second kappa shape index (κ2) is 8.01. The molecule has 0 heterocycles. The number of hydrogen-bond donors (Lipinski definition) is 1. The van der Waals surface area contributed by atoms with E-state index >= 15 is 0 Å². The van der Waals surface area contributed by atoms with Gasteiger partial charge in [-0.25, -0.2) is 8.78 Å². The molecule has 31 heavy (non-hydrogen) atoms. The number of anilines is 1. The van der Waals surface area contributed by atoms with E-state index in [0.29, 0.717) is 24.3 Å². The summed E-state index contributed by atoms with van der Waals surface area (Å²) in [5.41, 5.74) is -4.46. The third-order valence-corrected chi connectivity index (χ3v) is 4.26. The van der Waals surface area contributed by atoms with Gasteiger partial charge in [0.05, 0.1) is 16.7 Å². The molecule has 3 aromatic carbocycles. The number of carbonyl (C=O) groups excluding carboxylic acids is 1. The Morgan fingerprint density at radius 1 is 0.774 bits per heavy atom. The van der Waals surface area contributed by atoms with Crippen LogP contribution in [0.4, 0.5) is 40.8 Å². The number of amides is 1. The zero-order valence-electron chi connectivity index (χ0n) is 15.2. The van der Waals surface area contributed by atoms with Crippen LogP contribution in [0.3, 0.4) is 0 Å². The van der Waals surface area contributed by atoms with E-state index in [1.54, 1.807) is 0 Å². The van der Waals surface area contributed by atoms with Gasteiger partial charge in [-0.05, 0) is 53.6 Å². The number of rotatable bonds is 3. The number of hydrogen-bond acceptors (Lipinski definition) is 1. The van der Waals surface area contributed by atoms with Gasteiger partial charge in [-0.3, -0.25) is 4.79 Å². The summed E-state index contributed by atoms with van der Waals surface area (Å²) in [6, 6.07) is 7.78. The molecule has 0 aromatic heterocycles. The summed E-state index contributed by atoms with van der Waals surface area (Å²) >= 11 is 0. The summed E-state index contributed by atoms with van der Waals surface area (Å²) in [4.78, 5) is 12.1. The molecule has 0 saturated heterocycles. The molecule has 2 nitrogen and oxygen atoms in total. The van der Waals surface area contributed by atoms with Crippen LogP contribution in [-0.4, -0.2) is 5.91 Å². The first-order valence-corrected chi connectivity index (χ1v) is 8.51. The third-order valence-electron chi connectivity index (χ3n) is 4.26. The summed E-state index contributed by atoms with van der Waals surface area (Å²) in [7, 11) is 0. The summed E-state index contributed by atoms with van der Waals surface area (Å²) < 4.78 is 106. The Morgan fingerprint density at radius 2 is 1.48 bits per heavy atom. The molecule has 3 rings (SSSR count). The lowest BCUT2D eigenvalue weighted by Gasteiger charge is -2.16. The van der Waals surface area contributed by atoms with Crippen molar-refractivity contribution in [3.05, 3.63) is 89.0 Å². The van der Waals surface area contributed by atoms with Crippen molar-refractivity contribution in [3.8, 4) is 11.1 Å². The van der Waals surface area contributed by atoms with Crippen LogP contribution in [0.15, 0.2) is 60.7 Å². The molecule has 1 N–H and O–H groups in total. The van der Waals surface area contributed by atoms with Crippen molar-refractivity contribution in [1.29, 1.82) is 0 Å². The molecule has 0 radical (unpaired) electrons. The average Bonchev–Trinajstić information content (AvgIpc) is 2.68. The molecule has 0 atom stereocenters. The molecule has 0 bridgehead atoms. The van der Waals surface area contributed by atoms with Crippen molar-refractivity contribution in [1.82, 2.24) is 0 Å². The van der Waals surface area contributed by atoms with Crippen LogP contribution in [-0.2, 0) is 12.4 Å². The molecule has 10 heteroatoms. The largest absolute Gasteiger partial charge is 0.417 e. The molecule has 3 aromatic rings. The quantitative estimate of drug-likeness (QED) is 0.436. The highest BCUT2D eigenvalue weighted by Crippen LogP contribution is 2.40. The summed E-state index contributed by atoms with van der Waals surface area (Å²) in [6.07, 6.45) is -9.73. The fourth-order valence-corrected chi connectivity index (χ4v) is 2.84. The lowest BCUT2D eigenvalue weighted by molar-refractivity contribution is -0.137. The maximum absolute atomic E-state index is 13.7. The van der Waals surface area contributed by atoms with Crippen molar-refractivity contribution in [3.63, 3.8) is 0 Å². The first-order chi connectivity index (χ1) is 14.4. The van der Waals surface area contributed by atoms with Crippen molar-refractivity contribution in [2.45, 2.75) is 12.4 Å². The van der Waals surface area contributed by atoms with Gasteiger partial charge in [0.2, 0.25) is 0 Å². The highest BCUT2D eigenvalue weighted by molar-refractivity contribution is 6.04. The summed E-state index contributed by atoms with van der Waals surface area (Å²) in [5.74, 6) is -3.21. The minimum absolute atomic E-state index is 0.337. The second-order valence-electron chi connectivity index (χ2n) is 6.41. The van der Waals surface area contributed by atoms with Gasteiger partial charge in [0.15, 0.2) is 0 Å². The summed E-state index contributed by atoms with van der Waals surface area (Å²) in [6.45, 7) is 0. The molecule has 0 aliphatic carbocycles. The Labute approximate surface area is 170 Å². The average molecular weight is 445 g/mol. The van der Waals surface area contributed by atoms with Crippen molar-refractivity contribution < 1.29 is 39.9 Å². The predicted molar refractivity (Wildman–Crippen MR) is 96.2 cm³/mol. The Balaban J connectivity index is 2.02. The van der Waals surface area contributed by atoms with Gasteiger partial charge in [-0.1, -0.05) is 18.2 Å². The maximum Gasteiger partial charge on any atom is 0.417 e. The highest BCUT2D eigenvalue weighted by atomic mass is 19.4. The summed E-state index contributed by atoms with van der Waals surface area (Å²) in [5, 5.41) is 2.03. The van der Waals surface area contributed by atoms with E-state index in [1.165, 1.54) is 0 Å². The minimum Gasteiger partial charge on any atom is -0.322 e. The normalized spacial score (nSPS) is 12.0. The van der Waals surface area contributed by atoms with E-state index in [-0.39, 0.29) is 5.56 Å². The molecule has 0 saturated carbocycles. The minimum atomic E-state index is -4.98. The predicted octanol–water partition coefficient (Wildman–Crippen LogP) is 6.92. The fourth-order valence-electron chi connectivity index (χ4n) is 2.84. The number of halogens is 8.